The van der Waals surface area contributed by atoms with Crippen molar-refractivity contribution in [3.8, 4) is 0 Å². The van der Waals surface area contributed by atoms with Gasteiger partial charge in [0.1, 0.15) is 6.61 Å². The lowest BCUT2D eigenvalue weighted by molar-refractivity contribution is -0.401. The van der Waals surface area contributed by atoms with E-state index in [2.05, 4.69) is 16.8 Å². The number of azo groups is 1. The van der Waals surface area contributed by atoms with Crippen LogP contribution in [0.25, 0.3) is 0 Å². The second kappa shape index (κ2) is 8.39. The second-order valence-electron chi connectivity index (χ2n) is 7.30. The zero-order valence-electron chi connectivity index (χ0n) is 14.9. The first-order valence-corrected chi connectivity index (χ1v) is 7.44. The highest BCUT2D eigenvalue weighted by Crippen LogP contribution is 2.25. The molecule has 0 aliphatic rings. The van der Waals surface area contributed by atoms with Gasteiger partial charge in [-0.3, -0.25) is 4.79 Å². The predicted octanol–water partition coefficient (Wildman–Crippen LogP) is 4.21. The summed E-state index contributed by atoms with van der Waals surface area (Å²) in [6.45, 7) is 16.8. The van der Waals surface area contributed by atoms with Gasteiger partial charge in [-0.25, -0.2) is 9.78 Å². The third kappa shape index (κ3) is 11.4. The molecule has 6 heteroatoms. The van der Waals surface area contributed by atoms with Gasteiger partial charge in [-0.05, 0) is 48.5 Å². The fourth-order valence-corrected chi connectivity index (χ4v) is 1.14. The van der Waals surface area contributed by atoms with E-state index >= 15 is 0 Å². The maximum Gasteiger partial charge on any atom is 0.306 e. The van der Waals surface area contributed by atoms with Crippen molar-refractivity contribution in [2.24, 2.45) is 10.2 Å². The molecule has 128 valence electrons. The molecule has 0 aliphatic heterocycles. The summed E-state index contributed by atoms with van der Waals surface area (Å²) in [5.74, 6) is -0.337. The first kappa shape index (κ1) is 20.7. The zero-order valence-corrected chi connectivity index (χ0v) is 14.9. The maximum atomic E-state index is 11.6. The third-order valence-electron chi connectivity index (χ3n) is 2.19. The first-order chi connectivity index (χ1) is 9.87. The normalized spacial score (nSPS) is 15.6. The Morgan fingerprint density at radius 2 is 1.64 bits per heavy atom. The van der Waals surface area contributed by atoms with Crippen LogP contribution in [-0.4, -0.2) is 29.4 Å². The van der Waals surface area contributed by atoms with Crippen LogP contribution in [0.3, 0.4) is 0 Å². The van der Waals surface area contributed by atoms with Crippen LogP contribution in [0.2, 0.25) is 0 Å². The van der Waals surface area contributed by atoms with E-state index in [4.69, 9.17) is 14.5 Å². The summed E-state index contributed by atoms with van der Waals surface area (Å²) in [5.41, 5.74) is -1.87. The van der Waals surface area contributed by atoms with E-state index in [-0.39, 0.29) is 24.5 Å². The predicted molar refractivity (Wildman–Crippen MR) is 85.3 cm³/mol. The molecule has 1 unspecified atom stereocenters. The Morgan fingerprint density at radius 3 is 2.09 bits per heavy atom. The van der Waals surface area contributed by atoms with Crippen LogP contribution in [0.15, 0.2) is 22.9 Å². The Bertz CT molecular complexity index is 394. The molecule has 0 fully saturated rings. The standard InChI is InChI=1S/C16H30N2O4/c1-9-12-20-13(19)10-11-16(8,18-17-14(2,3)4)22-21-15(5,6)7/h9H,1,10-12H2,2-8H3/b18-17+. The second-order valence-corrected chi connectivity index (χ2v) is 7.30. The Hall–Kier alpha value is -1.27. The van der Waals surface area contributed by atoms with Crippen molar-refractivity contribution in [3.63, 3.8) is 0 Å². The molecule has 0 saturated carbocycles. The van der Waals surface area contributed by atoms with Gasteiger partial charge in [0.25, 0.3) is 0 Å². The highest BCUT2D eigenvalue weighted by molar-refractivity contribution is 5.69. The Kier molecular flexibility index (Phi) is 7.90. The van der Waals surface area contributed by atoms with Crippen molar-refractivity contribution < 1.29 is 19.3 Å². The molecule has 0 aromatic rings. The summed E-state index contributed by atoms with van der Waals surface area (Å²) in [7, 11) is 0. The van der Waals surface area contributed by atoms with Gasteiger partial charge in [0.05, 0.1) is 17.6 Å². The van der Waals surface area contributed by atoms with Crippen molar-refractivity contribution in [3.05, 3.63) is 12.7 Å². The molecule has 0 bridgehead atoms. The quantitative estimate of drug-likeness (QED) is 0.221. The molecule has 6 nitrogen and oxygen atoms in total. The largest absolute Gasteiger partial charge is 0.461 e. The van der Waals surface area contributed by atoms with Crippen LogP contribution in [-0.2, 0) is 19.3 Å². The van der Waals surface area contributed by atoms with E-state index < -0.39 is 11.3 Å². The fraction of sp³-hybridized carbons (Fsp3) is 0.812. The van der Waals surface area contributed by atoms with Gasteiger partial charge >= 0.3 is 5.97 Å². The van der Waals surface area contributed by atoms with E-state index in [0.29, 0.717) is 6.42 Å². The maximum absolute atomic E-state index is 11.6. The van der Waals surface area contributed by atoms with E-state index in [1.54, 1.807) is 6.92 Å². The minimum Gasteiger partial charge on any atom is -0.461 e. The number of hydrogen-bond acceptors (Lipinski definition) is 6. The summed E-state index contributed by atoms with van der Waals surface area (Å²) in [6.07, 6.45) is 1.98. The summed E-state index contributed by atoms with van der Waals surface area (Å²) in [4.78, 5) is 22.4. The van der Waals surface area contributed by atoms with E-state index in [9.17, 15) is 4.79 Å². The number of hydrogen-bond donors (Lipinski definition) is 0. The average molecular weight is 314 g/mol. The molecule has 0 amide bonds. The van der Waals surface area contributed by atoms with Gasteiger partial charge < -0.3 is 4.74 Å². The number of nitrogens with zero attached hydrogens (tertiary/aromatic N) is 2. The first-order valence-electron chi connectivity index (χ1n) is 7.44. The third-order valence-corrected chi connectivity index (χ3v) is 2.19. The number of ether oxygens (including phenoxy) is 1. The van der Waals surface area contributed by atoms with Crippen LogP contribution in [0.4, 0.5) is 0 Å². The summed E-state index contributed by atoms with van der Waals surface area (Å²) in [6, 6.07) is 0. The van der Waals surface area contributed by atoms with Crippen molar-refractivity contribution in [1.82, 2.24) is 0 Å². The molecule has 1 atom stereocenters. The highest BCUT2D eigenvalue weighted by atomic mass is 17.2. The van der Waals surface area contributed by atoms with Crippen LogP contribution in [0, 0.1) is 0 Å². The number of rotatable bonds is 8. The minimum absolute atomic E-state index is 0.154. The molecule has 0 N–H and O–H groups in total. The van der Waals surface area contributed by atoms with Crippen molar-refractivity contribution in [1.29, 1.82) is 0 Å². The van der Waals surface area contributed by atoms with Gasteiger partial charge in [-0.1, -0.05) is 12.7 Å². The molecule has 0 radical (unpaired) electrons. The smallest absolute Gasteiger partial charge is 0.306 e. The average Bonchev–Trinajstić information content (AvgIpc) is 2.37. The molecular formula is C16H30N2O4. The van der Waals surface area contributed by atoms with E-state index in [1.807, 2.05) is 41.5 Å². The molecule has 0 aromatic carbocycles. The SMILES string of the molecule is C=CCOC(=O)CCC(C)(/N=N/C(C)(C)C)OOC(C)(C)C. The molecular weight excluding hydrogens is 284 g/mol. The van der Waals surface area contributed by atoms with Crippen molar-refractivity contribution in [2.45, 2.75) is 78.2 Å². The van der Waals surface area contributed by atoms with E-state index in [0.717, 1.165) is 0 Å². The van der Waals surface area contributed by atoms with Crippen LogP contribution < -0.4 is 0 Å². The Morgan fingerprint density at radius 1 is 1.05 bits per heavy atom. The Balaban J connectivity index is 4.81. The number of carbonyl (C=O) groups is 1. The lowest BCUT2D eigenvalue weighted by Crippen LogP contribution is -2.33. The van der Waals surface area contributed by atoms with Crippen LogP contribution in [0.5, 0.6) is 0 Å². The molecule has 0 aromatic heterocycles. The zero-order chi connectivity index (χ0) is 17.4. The molecule has 0 heterocycles. The minimum atomic E-state index is -1.05. The van der Waals surface area contributed by atoms with Gasteiger partial charge in [0.2, 0.25) is 5.72 Å². The lowest BCUT2D eigenvalue weighted by atomic mass is 10.1. The lowest BCUT2D eigenvalue weighted by Gasteiger charge is -2.28. The Labute approximate surface area is 133 Å². The van der Waals surface area contributed by atoms with Gasteiger partial charge in [0.15, 0.2) is 0 Å². The molecule has 22 heavy (non-hydrogen) atoms. The monoisotopic (exact) mass is 314 g/mol. The molecule has 0 saturated heterocycles. The fourth-order valence-electron chi connectivity index (χ4n) is 1.14. The van der Waals surface area contributed by atoms with Gasteiger partial charge in [-0.2, -0.15) is 10.2 Å². The summed E-state index contributed by atoms with van der Waals surface area (Å²) in [5, 5.41) is 8.45. The van der Waals surface area contributed by atoms with Crippen molar-refractivity contribution >= 4 is 5.97 Å². The van der Waals surface area contributed by atoms with Crippen molar-refractivity contribution in [2.75, 3.05) is 6.61 Å². The molecule has 0 spiro atoms. The van der Waals surface area contributed by atoms with E-state index in [1.165, 1.54) is 6.08 Å². The topological polar surface area (TPSA) is 69.5 Å². The van der Waals surface area contributed by atoms with Crippen LogP contribution in [0.1, 0.15) is 61.3 Å². The summed E-state index contributed by atoms with van der Waals surface area (Å²) >= 11 is 0. The molecule has 0 aliphatic carbocycles. The number of esters is 1. The van der Waals surface area contributed by atoms with Crippen LogP contribution >= 0.6 is 0 Å². The molecule has 0 rings (SSSR count). The van der Waals surface area contributed by atoms with Gasteiger partial charge in [-0.15, -0.1) is 0 Å². The highest BCUT2D eigenvalue weighted by Gasteiger charge is 2.31. The number of carbonyl (C=O) groups excluding carboxylic acids is 1. The summed E-state index contributed by atoms with van der Waals surface area (Å²) < 4.78 is 4.95. The van der Waals surface area contributed by atoms with Gasteiger partial charge in [0, 0.05) is 6.42 Å².